The zero-order valence-corrected chi connectivity index (χ0v) is 13.3. The quantitative estimate of drug-likeness (QED) is 0.676. The van der Waals surface area contributed by atoms with Crippen molar-refractivity contribution in [3.8, 4) is 5.75 Å². The standard InChI is InChI=1S/C16H21N3O3/c1-10(2)18(11(3)4)9-12-8-14(19(21)22)13-6-5-7-17-15(13)16(12)20/h5-8,10-11,20H,9H2,1-4H3. The molecule has 2 rings (SSSR count). The van der Waals surface area contributed by atoms with Crippen molar-refractivity contribution in [3.05, 3.63) is 40.1 Å². The molecule has 0 aliphatic heterocycles. The average molecular weight is 303 g/mol. The number of phenolic OH excluding ortho intramolecular Hbond substituents is 1. The van der Waals surface area contributed by atoms with Gasteiger partial charge in [0.15, 0.2) is 0 Å². The topological polar surface area (TPSA) is 79.5 Å². The van der Waals surface area contributed by atoms with E-state index in [1.165, 1.54) is 12.3 Å². The van der Waals surface area contributed by atoms with Crippen LogP contribution in [0.3, 0.4) is 0 Å². The second-order valence-corrected chi connectivity index (χ2v) is 5.92. The third-order valence-electron chi connectivity index (χ3n) is 3.80. The Morgan fingerprint density at radius 2 is 1.95 bits per heavy atom. The summed E-state index contributed by atoms with van der Waals surface area (Å²) < 4.78 is 0. The Labute approximate surface area is 129 Å². The van der Waals surface area contributed by atoms with E-state index in [1.54, 1.807) is 12.1 Å². The molecular weight excluding hydrogens is 282 g/mol. The molecule has 0 fully saturated rings. The van der Waals surface area contributed by atoms with E-state index >= 15 is 0 Å². The van der Waals surface area contributed by atoms with Crippen molar-refractivity contribution < 1.29 is 10.0 Å². The van der Waals surface area contributed by atoms with E-state index in [0.717, 1.165) is 0 Å². The SMILES string of the molecule is CC(C)N(Cc1cc([N+](=O)[O-])c2cccnc2c1O)C(C)C. The number of pyridine rings is 1. The van der Waals surface area contributed by atoms with Crippen molar-refractivity contribution in [1.29, 1.82) is 0 Å². The molecule has 0 unspecified atom stereocenters. The molecule has 22 heavy (non-hydrogen) atoms. The minimum absolute atomic E-state index is 0.0208. The molecular formula is C16H21N3O3. The fraction of sp³-hybridized carbons (Fsp3) is 0.438. The highest BCUT2D eigenvalue weighted by Gasteiger charge is 2.22. The zero-order chi connectivity index (χ0) is 16.4. The molecule has 6 nitrogen and oxygen atoms in total. The van der Waals surface area contributed by atoms with Crippen molar-refractivity contribution in [1.82, 2.24) is 9.88 Å². The third-order valence-corrected chi connectivity index (χ3v) is 3.80. The maximum Gasteiger partial charge on any atom is 0.279 e. The zero-order valence-electron chi connectivity index (χ0n) is 13.3. The van der Waals surface area contributed by atoms with E-state index in [0.29, 0.717) is 17.5 Å². The smallest absolute Gasteiger partial charge is 0.279 e. The first-order valence-electron chi connectivity index (χ1n) is 7.32. The van der Waals surface area contributed by atoms with Crippen molar-refractivity contribution in [3.63, 3.8) is 0 Å². The van der Waals surface area contributed by atoms with E-state index in [1.807, 2.05) is 0 Å². The summed E-state index contributed by atoms with van der Waals surface area (Å²) in [4.78, 5) is 17.2. The molecule has 1 aromatic heterocycles. The van der Waals surface area contributed by atoms with Gasteiger partial charge in [0.1, 0.15) is 11.3 Å². The Balaban J connectivity index is 2.59. The van der Waals surface area contributed by atoms with E-state index in [2.05, 4.69) is 37.6 Å². The van der Waals surface area contributed by atoms with Crippen LogP contribution in [0.5, 0.6) is 5.75 Å². The number of hydrogen-bond acceptors (Lipinski definition) is 5. The van der Waals surface area contributed by atoms with Crippen molar-refractivity contribution in [2.45, 2.75) is 46.3 Å². The molecule has 0 bridgehead atoms. The minimum atomic E-state index is -0.429. The summed E-state index contributed by atoms with van der Waals surface area (Å²) in [6.07, 6.45) is 1.53. The molecule has 0 spiro atoms. The van der Waals surface area contributed by atoms with Gasteiger partial charge in [-0.3, -0.25) is 20.0 Å². The van der Waals surface area contributed by atoms with Gasteiger partial charge in [-0.1, -0.05) is 0 Å². The molecule has 1 N–H and O–H groups in total. The van der Waals surface area contributed by atoms with Gasteiger partial charge in [0.25, 0.3) is 5.69 Å². The van der Waals surface area contributed by atoms with Gasteiger partial charge in [0, 0.05) is 36.5 Å². The fourth-order valence-corrected chi connectivity index (χ4v) is 2.69. The Kier molecular flexibility index (Phi) is 4.61. The largest absolute Gasteiger partial charge is 0.505 e. The molecule has 2 aromatic rings. The number of aromatic hydroxyl groups is 1. The maximum absolute atomic E-state index is 11.3. The second-order valence-electron chi connectivity index (χ2n) is 5.92. The number of nitro benzene ring substituents is 1. The molecule has 0 radical (unpaired) electrons. The van der Waals surface area contributed by atoms with Gasteiger partial charge in [0.05, 0.1) is 10.3 Å². The second kappa shape index (κ2) is 6.27. The molecule has 0 atom stereocenters. The lowest BCUT2D eigenvalue weighted by molar-refractivity contribution is -0.383. The van der Waals surface area contributed by atoms with Crippen LogP contribution in [0, 0.1) is 10.1 Å². The van der Waals surface area contributed by atoms with Gasteiger partial charge in [-0.15, -0.1) is 0 Å². The van der Waals surface area contributed by atoms with Crippen LogP contribution in [0.2, 0.25) is 0 Å². The highest BCUT2D eigenvalue weighted by Crippen LogP contribution is 2.35. The highest BCUT2D eigenvalue weighted by molar-refractivity contribution is 5.93. The van der Waals surface area contributed by atoms with Gasteiger partial charge in [-0.25, -0.2) is 0 Å². The number of nitrogens with zero attached hydrogens (tertiary/aromatic N) is 3. The van der Waals surface area contributed by atoms with Gasteiger partial charge in [-0.05, 0) is 39.8 Å². The predicted molar refractivity (Wildman–Crippen MR) is 85.9 cm³/mol. The summed E-state index contributed by atoms with van der Waals surface area (Å²) in [5, 5.41) is 22.1. The Hall–Kier alpha value is -2.21. The summed E-state index contributed by atoms with van der Waals surface area (Å²) in [6, 6.07) is 5.21. The van der Waals surface area contributed by atoms with E-state index < -0.39 is 4.92 Å². The molecule has 6 heteroatoms. The van der Waals surface area contributed by atoms with E-state index in [-0.39, 0.29) is 29.0 Å². The van der Waals surface area contributed by atoms with Crippen LogP contribution in [0.4, 0.5) is 5.69 Å². The van der Waals surface area contributed by atoms with Crippen LogP contribution in [-0.4, -0.2) is 32.0 Å². The van der Waals surface area contributed by atoms with E-state index in [9.17, 15) is 15.2 Å². The maximum atomic E-state index is 11.3. The van der Waals surface area contributed by atoms with Crippen LogP contribution < -0.4 is 0 Å². The number of hydrogen-bond donors (Lipinski definition) is 1. The Morgan fingerprint density at radius 1 is 1.32 bits per heavy atom. The first-order chi connectivity index (χ1) is 10.3. The number of rotatable bonds is 5. The lowest BCUT2D eigenvalue weighted by Gasteiger charge is -2.30. The monoisotopic (exact) mass is 303 g/mol. The predicted octanol–water partition coefficient (Wildman–Crippen LogP) is 3.47. The van der Waals surface area contributed by atoms with Crippen molar-refractivity contribution in [2.75, 3.05) is 0 Å². The number of non-ortho nitro benzene ring substituents is 1. The Morgan fingerprint density at radius 3 is 2.50 bits per heavy atom. The third kappa shape index (κ3) is 3.01. The molecule has 0 amide bonds. The highest BCUT2D eigenvalue weighted by atomic mass is 16.6. The lowest BCUT2D eigenvalue weighted by Crippen LogP contribution is -2.36. The van der Waals surface area contributed by atoms with Gasteiger partial charge >= 0.3 is 0 Å². The molecule has 118 valence electrons. The number of nitro groups is 1. The first-order valence-corrected chi connectivity index (χ1v) is 7.32. The molecule has 0 saturated carbocycles. The summed E-state index contributed by atoms with van der Waals surface area (Å²) in [5.41, 5.74) is 0.780. The fourth-order valence-electron chi connectivity index (χ4n) is 2.69. The van der Waals surface area contributed by atoms with Gasteiger partial charge in [0.2, 0.25) is 0 Å². The number of aromatic nitrogens is 1. The van der Waals surface area contributed by atoms with Crippen LogP contribution in [0.25, 0.3) is 10.9 Å². The molecule has 1 heterocycles. The number of benzene rings is 1. The summed E-state index contributed by atoms with van der Waals surface area (Å²) in [5.74, 6) is 0.0208. The molecule has 1 aromatic carbocycles. The summed E-state index contributed by atoms with van der Waals surface area (Å²) >= 11 is 0. The van der Waals surface area contributed by atoms with Crippen molar-refractivity contribution >= 4 is 16.6 Å². The van der Waals surface area contributed by atoms with Crippen LogP contribution in [0.1, 0.15) is 33.3 Å². The lowest BCUT2D eigenvalue weighted by atomic mass is 10.1. The number of fused-ring (bicyclic) bond motifs is 1. The van der Waals surface area contributed by atoms with Crippen LogP contribution >= 0.6 is 0 Å². The average Bonchev–Trinajstić information content (AvgIpc) is 2.45. The minimum Gasteiger partial charge on any atom is -0.505 e. The summed E-state index contributed by atoms with van der Waals surface area (Å²) in [7, 11) is 0. The molecule has 0 aliphatic rings. The molecule has 0 saturated heterocycles. The van der Waals surface area contributed by atoms with Gasteiger partial charge < -0.3 is 5.11 Å². The first kappa shape index (κ1) is 16.2. The number of phenols is 1. The Bertz CT molecular complexity index is 690. The molecule has 0 aliphatic carbocycles. The van der Waals surface area contributed by atoms with E-state index in [4.69, 9.17) is 0 Å². The van der Waals surface area contributed by atoms with Crippen LogP contribution in [-0.2, 0) is 6.54 Å². The van der Waals surface area contributed by atoms with Crippen LogP contribution in [0.15, 0.2) is 24.4 Å². The van der Waals surface area contributed by atoms with Crippen molar-refractivity contribution in [2.24, 2.45) is 0 Å². The summed E-state index contributed by atoms with van der Waals surface area (Å²) in [6.45, 7) is 8.68. The normalized spacial score (nSPS) is 11.8. The van der Waals surface area contributed by atoms with Gasteiger partial charge in [-0.2, -0.15) is 0 Å².